The Morgan fingerprint density at radius 2 is 1.59 bits per heavy atom. The van der Waals surface area contributed by atoms with Crippen LogP contribution in [0.2, 0.25) is 0 Å². The minimum atomic E-state index is -0.554. The van der Waals surface area contributed by atoms with Crippen LogP contribution in [0.1, 0.15) is 28.8 Å². The molecule has 4 heteroatoms. The maximum atomic E-state index is 13.2. The predicted octanol–water partition coefficient (Wildman–Crippen LogP) is 2.83. The molecule has 1 unspecified atom stereocenters. The average molecular weight is 315 g/mol. The van der Waals surface area contributed by atoms with Crippen molar-refractivity contribution in [3.63, 3.8) is 0 Å². The van der Waals surface area contributed by atoms with Gasteiger partial charge < -0.3 is 5.32 Å². The van der Waals surface area contributed by atoms with Gasteiger partial charge in [0.25, 0.3) is 0 Å². The van der Waals surface area contributed by atoms with Gasteiger partial charge in [-0.3, -0.25) is 4.79 Å². The van der Waals surface area contributed by atoms with E-state index in [1.54, 1.807) is 12.1 Å². The lowest BCUT2D eigenvalue weighted by molar-refractivity contribution is 0.0847. The number of Topliss-reactive ketones (excluding diaryl/α,β-unsaturated/α-hetero) is 1. The van der Waals surface area contributed by atoms with E-state index in [1.165, 1.54) is 12.1 Å². The van der Waals surface area contributed by atoms with Crippen LogP contribution in [-0.4, -0.2) is 18.9 Å². The lowest BCUT2D eigenvalue weighted by Crippen LogP contribution is -2.45. The molecule has 2 aromatic rings. The van der Waals surface area contributed by atoms with E-state index in [9.17, 15) is 9.18 Å². The molecule has 0 amide bonds. The van der Waals surface area contributed by atoms with Gasteiger partial charge in [-0.15, -0.1) is 9.24 Å². The molecule has 0 radical (unpaired) electrons. The number of hydrogen-bond acceptors (Lipinski definition) is 2. The van der Waals surface area contributed by atoms with E-state index in [0.717, 1.165) is 42.4 Å². The predicted molar refractivity (Wildman–Crippen MR) is 90.3 cm³/mol. The summed E-state index contributed by atoms with van der Waals surface area (Å²) in [6.07, 6.45) is 1.47. The second-order valence-electron chi connectivity index (χ2n) is 5.79. The van der Waals surface area contributed by atoms with Gasteiger partial charge in [-0.1, -0.05) is 36.4 Å². The van der Waals surface area contributed by atoms with Crippen molar-refractivity contribution in [1.29, 1.82) is 0 Å². The lowest BCUT2D eigenvalue weighted by Gasteiger charge is -2.37. The Bertz CT molecular complexity index is 660. The zero-order chi connectivity index (χ0) is 15.6. The van der Waals surface area contributed by atoms with Gasteiger partial charge in [-0.2, -0.15) is 0 Å². The highest BCUT2D eigenvalue weighted by Crippen LogP contribution is 2.37. The third-order valence-electron chi connectivity index (χ3n) is 4.46. The van der Waals surface area contributed by atoms with Crippen molar-refractivity contribution >= 4 is 20.3 Å². The van der Waals surface area contributed by atoms with Crippen molar-refractivity contribution in [3.05, 3.63) is 65.5 Å². The third kappa shape index (κ3) is 2.84. The van der Waals surface area contributed by atoms with Crippen LogP contribution in [0.3, 0.4) is 0 Å². The Balaban J connectivity index is 2.03. The Morgan fingerprint density at radius 1 is 1.00 bits per heavy atom. The minimum absolute atomic E-state index is 0.130. The number of ketones is 1. The van der Waals surface area contributed by atoms with Gasteiger partial charge in [-0.25, -0.2) is 4.39 Å². The van der Waals surface area contributed by atoms with Crippen molar-refractivity contribution in [2.45, 2.75) is 18.3 Å². The van der Waals surface area contributed by atoms with Crippen LogP contribution in [0, 0.1) is 5.82 Å². The first-order valence-corrected chi connectivity index (χ1v) is 8.07. The van der Waals surface area contributed by atoms with E-state index in [4.69, 9.17) is 0 Å². The number of halogens is 1. The summed E-state index contributed by atoms with van der Waals surface area (Å²) in [4.78, 5) is 13.2. The Labute approximate surface area is 132 Å². The normalized spacial score (nSPS) is 17.2. The van der Waals surface area contributed by atoms with E-state index >= 15 is 0 Å². The fourth-order valence-corrected chi connectivity index (χ4v) is 3.37. The van der Waals surface area contributed by atoms with Gasteiger partial charge in [-0.05, 0) is 48.9 Å². The molecule has 1 aliphatic rings. The molecular weight excluding hydrogens is 296 g/mol. The largest absolute Gasteiger partial charge is 0.317 e. The van der Waals surface area contributed by atoms with Crippen LogP contribution in [-0.2, 0) is 5.41 Å². The first-order chi connectivity index (χ1) is 10.6. The Hall–Kier alpha value is -1.57. The third-order valence-corrected chi connectivity index (χ3v) is 4.85. The Morgan fingerprint density at radius 3 is 2.18 bits per heavy atom. The molecule has 1 aliphatic heterocycles. The van der Waals surface area contributed by atoms with Gasteiger partial charge in [0, 0.05) is 5.56 Å². The topological polar surface area (TPSA) is 29.1 Å². The van der Waals surface area contributed by atoms with Crippen LogP contribution in [0.15, 0.2) is 48.5 Å². The molecule has 1 heterocycles. The highest BCUT2D eigenvalue weighted by atomic mass is 31.0. The van der Waals surface area contributed by atoms with Crippen LogP contribution < -0.4 is 10.6 Å². The smallest absolute Gasteiger partial charge is 0.173 e. The van der Waals surface area contributed by atoms with Crippen LogP contribution >= 0.6 is 9.24 Å². The van der Waals surface area contributed by atoms with Crippen LogP contribution in [0.4, 0.5) is 4.39 Å². The average Bonchev–Trinajstić information content (AvgIpc) is 2.56. The van der Waals surface area contributed by atoms with Crippen molar-refractivity contribution < 1.29 is 9.18 Å². The maximum absolute atomic E-state index is 13.2. The van der Waals surface area contributed by atoms with Crippen molar-refractivity contribution in [2.24, 2.45) is 0 Å². The zero-order valence-corrected chi connectivity index (χ0v) is 13.5. The molecule has 1 fully saturated rings. The van der Waals surface area contributed by atoms with Crippen molar-refractivity contribution in [2.75, 3.05) is 13.1 Å². The number of hydrogen-bond donors (Lipinski definition) is 1. The molecule has 3 rings (SSSR count). The van der Waals surface area contributed by atoms with Gasteiger partial charge in [0.05, 0.1) is 5.41 Å². The second kappa shape index (κ2) is 6.28. The summed E-state index contributed by atoms with van der Waals surface area (Å²) in [7, 11) is 2.62. The molecule has 1 atom stereocenters. The SMILES string of the molecule is O=C(c1ccc(P)cc1)C1(c2ccc(F)cc2)CCNCC1. The van der Waals surface area contributed by atoms with E-state index < -0.39 is 5.41 Å². The van der Waals surface area contributed by atoms with Crippen LogP contribution in [0.5, 0.6) is 0 Å². The molecule has 2 nitrogen and oxygen atoms in total. The van der Waals surface area contributed by atoms with Crippen molar-refractivity contribution in [3.8, 4) is 0 Å². The van der Waals surface area contributed by atoms with E-state index in [2.05, 4.69) is 14.6 Å². The number of carbonyl (C=O) groups is 1. The highest BCUT2D eigenvalue weighted by molar-refractivity contribution is 7.27. The van der Waals surface area contributed by atoms with E-state index in [-0.39, 0.29) is 11.6 Å². The zero-order valence-electron chi connectivity index (χ0n) is 12.3. The molecule has 0 bridgehead atoms. The first kappa shape index (κ1) is 15.3. The highest BCUT2D eigenvalue weighted by Gasteiger charge is 2.41. The molecule has 1 saturated heterocycles. The summed E-state index contributed by atoms with van der Waals surface area (Å²) in [5.74, 6) is -0.141. The molecule has 0 aliphatic carbocycles. The fraction of sp³-hybridized carbons (Fsp3) is 0.278. The number of piperidine rings is 1. The minimum Gasteiger partial charge on any atom is -0.317 e. The summed E-state index contributed by atoms with van der Waals surface area (Å²) in [6, 6.07) is 14.0. The van der Waals surface area contributed by atoms with E-state index in [1.807, 2.05) is 24.3 Å². The monoisotopic (exact) mass is 315 g/mol. The molecular formula is C18H19FNOP. The molecule has 0 spiro atoms. The van der Waals surface area contributed by atoms with Crippen LogP contribution in [0.25, 0.3) is 0 Å². The summed E-state index contributed by atoms with van der Waals surface area (Å²) >= 11 is 0. The quantitative estimate of drug-likeness (QED) is 0.697. The number of benzene rings is 2. The Kier molecular flexibility index (Phi) is 4.37. The van der Waals surface area contributed by atoms with Crippen molar-refractivity contribution in [1.82, 2.24) is 5.32 Å². The standard InChI is InChI=1S/C18H19FNOP/c19-15-5-3-14(4-6-15)18(9-11-20-12-10-18)17(21)13-1-7-16(22)8-2-13/h1-8,20H,9-12,22H2. The summed E-state index contributed by atoms with van der Waals surface area (Å²) in [6.45, 7) is 1.59. The summed E-state index contributed by atoms with van der Waals surface area (Å²) < 4.78 is 13.2. The molecule has 2 aromatic carbocycles. The first-order valence-electron chi connectivity index (χ1n) is 7.49. The summed E-state index contributed by atoms with van der Waals surface area (Å²) in [5.41, 5.74) is 1.08. The van der Waals surface area contributed by atoms with E-state index in [0.29, 0.717) is 0 Å². The van der Waals surface area contributed by atoms with Gasteiger partial charge >= 0.3 is 0 Å². The molecule has 1 N–H and O–H groups in total. The van der Waals surface area contributed by atoms with Gasteiger partial charge in [0.15, 0.2) is 5.78 Å². The van der Waals surface area contributed by atoms with Gasteiger partial charge in [0.2, 0.25) is 0 Å². The second-order valence-corrected chi connectivity index (χ2v) is 6.46. The maximum Gasteiger partial charge on any atom is 0.173 e. The molecule has 0 saturated carbocycles. The van der Waals surface area contributed by atoms with Gasteiger partial charge in [0.1, 0.15) is 5.82 Å². The lowest BCUT2D eigenvalue weighted by atomic mass is 9.68. The number of rotatable bonds is 3. The number of nitrogens with one attached hydrogen (secondary N) is 1. The number of carbonyl (C=O) groups excluding carboxylic acids is 1. The molecule has 0 aromatic heterocycles. The molecule has 22 heavy (non-hydrogen) atoms. The summed E-state index contributed by atoms with van der Waals surface area (Å²) in [5, 5.41) is 4.36. The molecule has 114 valence electrons. The fourth-order valence-electron chi connectivity index (χ4n) is 3.18.